The molecule has 0 bridgehead atoms. The highest BCUT2D eigenvalue weighted by Crippen LogP contribution is 2.23. The lowest BCUT2D eigenvalue weighted by atomic mass is 10.0. The number of carbonyl (C=O) groups is 1. The summed E-state index contributed by atoms with van der Waals surface area (Å²) in [6, 6.07) is 15.9. The van der Waals surface area contributed by atoms with Crippen molar-refractivity contribution in [1.29, 1.82) is 0 Å². The number of benzene rings is 2. The van der Waals surface area contributed by atoms with E-state index in [4.69, 9.17) is 0 Å². The second-order valence-corrected chi connectivity index (χ2v) is 6.26. The van der Waals surface area contributed by atoms with Gasteiger partial charge < -0.3 is 9.88 Å². The van der Waals surface area contributed by atoms with Crippen LogP contribution >= 0.6 is 0 Å². The Morgan fingerprint density at radius 1 is 1.15 bits per heavy atom. The topological polar surface area (TPSA) is 46.9 Å². The van der Waals surface area contributed by atoms with E-state index >= 15 is 0 Å². The maximum Gasteiger partial charge on any atom is 0.220 e. The third kappa shape index (κ3) is 4.36. The van der Waals surface area contributed by atoms with Gasteiger partial charge in [-0.2, -0.15) is 0 Å². The molecule has 0 aliphatic heterocycles. The number of nitrogens with one attached hydrogen (secondary N) is 1. The first-order valence-corrected chi connectivity index (χ1v) is 8.70. The number of halogens is 1. The lowest BCUT2D eigenvalue weighted by molar-refractivity contribution is -0.121. The molecule has 134 valence electrons. The quantitative estimate of drug-likeness (QED) is 0.704. The highest BCUT2D eigenvalue weighted by Gasteiger charge is 2.23. The van der Waals surface area contributed by atoms with Gasteiger partial charge in [0.1, 0.15) is 17.7 Å². The Bertz CT molecular complexity index is 860. The summed E-state index contributed by atoms with van der Waals surface area (Å²) in [7, 11) is 1.83. The van der Waals surface area contributed by atoms with E-state index in [0.29, 0.717) is 17.8 Å². The van der Waals surface area contributed by atoms with Crippen LogP contribution in [0.5, 0.6) is 0 Å². The molecule has 2 aromatic carbocycles. The molecule has 0 fully saturated rings. The first kappa shape index (κ1) is 17.9. The van der Waals surface area contributed by atoms with Crippen molar-refractivity contribution in [3.8, 4) is 0 Å². The van der Waals surface area contributed by atoms with Gasteiger partial charge in [0.05, 0.1) is 0 Å². The van der Waals surface area contributed by atoms with Crippen molar-refractivity contribution in [2.24, 2.45) is 7.05 Å². The predicted octanol–water partition coefficient (Wildman–Crippen LogP) is 3.79. The first-order chi connectivity index (χ1) is 12.6. The van der Waals surface area contributed by atoms with Gasteiger partial charge in [-0.1, -0.05) is 48.5 Å². The van der Waals surface area contributed by atoms with Gasteiger partial charge in [-0.05, 0) is 24.5 Å². The number of imidazole rings is 1. The summed E-state index contributed by atoms with van der Waals surface area (Å²) in [5, 5.41) is 2.94. The Kier molecular flexibility index (Phi) is 5.79. The van der Waals surface area contributed by atoms with Crippen molar-refractivity contribution in [3.63, 3.8) is 0 Å². The zero-order valence-electron chi connectivity index (χ0n) is 14.7. The fourth-order valence-electron chi connectivity index (χ4n) is 2.98. The molecule has 4 nitrogen and oxygen atoms in total. The first-order valence-electron chi connectivity index (χ1n) is 8.70. The lowest BCUT2D eigenvalue weighted by Crippen LogP contribution is -2.31. The van der Waals surface area contributed by atoms with E-state index in [0.717, 1.165) is 12.8 Å². The molecule has 0 saturated carbocycles. The summed E-state index contributed by atoms with van der Waals surface area (Å²) in [6.07, 6.45) is 5.38. The van der Waals surface area contributed by atoms with Crippen LogP contribution in [0, 0.1) is 5.82 Å². The van der Waals surface area contributed by atoms with Gasteiger partial charge in [0.25, 0.3) is 0 Å². The van der Waals surface area contributed by atoms with E-state index < -0.39 is 6.04 Å². The molecule has 0 aliphatic carbocycles. The summed E-state index contributed by atoms with van der Waals surface area (Å²) in [5.74, 6) is 0.133. The van der Waals surface area contributed by atoms with Gasteiger partial charge in [0.15, 0.2) is 0 Å². The largest absolute Gasteiger partial charge is 0.342 e. The van der Waals surface area contributed by atoms with Crippen molar-refractivity contribution in [3.05, 3.63) is 89.8 Å². The predicted molar refractivity (Wildman–Crippen MR) is 99.0 cm³/mol. The summed E-state index contributed by atoms with van der Waals surface area (Å²) in [6.45, 7) is 0. The molecule has 26 heavy (non-hydrogen) atoms. The molecule has 0 saturated heterocycles. The van der Waals surface area contributed by atoms with Gasteiger partial charge >= 0.3 is 0 Å². The molecule has 0 spiro atoms. The molecular weight excluding hydrogens is 329 g/mol. The maximum absolute atomic E-state index is 14.3. The molecule has 3 rings (SSSR count). The fourth-order valence-corrected chi connectivity index (χ4v) is 2.98. The Hall–Kier alpha value is -2.95. The van der Waals surface area contributed by atoms with Gasteiger partial charge in [0.2, 0.25) is 5.91 Å². The number of hydrogen-bond acceptors (Lipinski definition) is 2. The standard InChI is InChI=1S/C21H22FN3O/c1-25-15-14-23-21(25)20(17-11-5-6-12-18(17)22)24-19(26)13-7-10-16-8-3-2-4-9-16/h2-6,8-9,11-12,14-15,20H,7,10,13H2,1H3,(H,24,26). The second-order valence-electron chi connectivity index (χ2n) is 6.26. The lowest BCUT2D eigenvalue weighted by Gasteiger charge is -2.19. The molecular formula is C21H22FN3O. The molecule has 1 N–H and O–H groups in total. The van der Waals surface area contributed by atoms with Crippen LogP contribution in [0.2, 0.25) is 0 Å². The molecule has 1 aromatic heterocycles. The van der Waals surface area contributed by atoms with Crippen LogP contribution in [0.25, 0.3) is 0 Å². The maximum atomic E-state index is 14.3. The summed E-state index contributed by atoms with van der Waals surface area (Å²) in [4.78, 5) is 16.8. The third-order valence-electron chi connectivity index (χ3n) is 4.35. The van der Waals surface area contributed by atoms with Crippen molar-refractivity contribution in [2.45, 2.75) is 25.3 Å². The molecule has 1 heterocycles. The van der Waals surface area contributed by atoms with E-state index in [-0.39, 0.29) is 11.7 Å². The number of aryl methyl sites for hydroxylation is 2. The van der Waals surface area contributed by atoms with Crippen LogP contribution in [-0.4, -0.2) is 15.5 Å². The molecule has 1 atom stereocenters. The van der Waals surface area contributed by atoms with Gasteiger partial charge in [-0.15, -0.1) is 0 Å². The molecule has 5 heteroatoms. The number of hydrogen-bond donors (Lipinski definition) is 1. The van der Waals surface area contributed by atoms with Crippen molar-refractivity contribution < 1.29 is 9.18 Å². The van der Waals surface area contributed by atoms with E-state index in [1.165, 1.54) is 11.6 Å². The third-order valence-corrected chi connectivity index (χ3v) is 4.35. The highest BCUT2D eigenvalue weighted by atomic mass is 19.1. The molecule has 1 unspecified atom stereocenters. The Morgan fingerprint density at radius 3 is 2.58 bits per heavy atom. The van der Waals surface area contributed by atoms with Crippen molar-refractivity contribution in [2.75, 3.05) is 0 Å². The zero-order valence-corrected chi connectivity index (χ0v) is 14.7. The van der Waals surface area contributed by atoms with Gasteiger partial charge in [0, 0.05) is 31.4 Å². The van der Waals surface area contributed by atoms with Crippen LogP contribution in [0.4, 0.5) is 4.39 Å². The van der Waals surface area contributed by atoms with E-state index in [2.05, 4.69) is 10.3 Å². The van der Waals surface area contributed by atoms with Crippen LogP contribution < -0.4 is 5.32 Å². The average molecular weight is 351 g/mol. The Balaban J connectivity index is 1.69. The number of nitrogens with zero attached hydrogens (tertiary/aromatic N) is 2. The van der Waals surface area contributed by atoms with Crippen LogP contribution in [0.1, 0.15) is 35.8 Å². The number of aromatic nitrogens is 2. The van der Waals surface area contributed by atoms with Crippen LogP contribution in [0.15, 0.2) is 67.0 Å². The number of rotatable bonds is 7. The number of amides is 1. The van der Waals surface area contributed by atoms with Crippen molar-refractivity contribution >= 4 is 5.91 Å². The second kappa shape index (κ2) is 8.43. The van der Waals surface area contributed by atoms with Gasteiger partial charge in [-0.25, -0.2) is 9.37 Å². The highest BCUT2D eigenvalue weighted by molar-refractivity contribution is 5.76. The molecule has 1 amide bonds. The van der Waals surface area contributed by atoms with Gasteiger partial charge in [-0.3, -0.25) is 4.79 Å². The Morgan fingerprint density at radius 2 is 1.88 bits per heavy atom. The summed E-state index contributed by atoms with van der Waals surface area (Å²) >= 11 is 0. The van der Waals surface area contributed by atoms with Crippen LogP contribution in [0.3, 0.4) is 0 Å². The summed E-state index contributed by atoms with van der Waals surface area (Å²) in [5.41, 5.74) is 1.62. The molecule has 0 aliphatic rings. The fraction of sp³-hybridized carbons (Fsp3) is 0.238. The minimum absolute atomic E-state index is 0.114. The van der Waals surface area contributed by atoms with Crippen molar-refractivity contribution in [1.82, 2.24) is 14.9 Å². The molecule has 3 aromatic rings. The minimum atomic E-state index is -0.611. The smallest absolute Gasteiger partial charge is 0.220 e. The normalized spacial score (nSPS) is 11.9. The minimum Gasteiger partial charge on any atom is -0.342 e. The van der Waals surface area contributed by atoms with E-state index in [1.54, 1.807) is 35.2 Å². The van der Waals surface area contributed by atoms with E-state index in [9.17, 15) is 9.18 Å². The molecule has 0 radical (unpaired) electrons. The SMILES string of the molecule is Cn1ccnc1C(NC(=O)CCCc1ccccc1)c1ccccc1F. The monoisotopic (exact) mass is 351 g/mol. The number of carbonyl (C=O) groups excluding carboxylic acids is 1. The van der Waals surface area contributed by atoms with Crippen LogP contribution in [-0.2, 0) is 18.3 Å². The Labute approximate surface area is 152 Å². The summed E-state index contributed by atoms with van der Waals surface area (Å²) < 4.78 is 16.1. The van der Waals surface area contributed by atoms with E-state index in [1.807, 2.05) is 37.4 Å². The average Bonchev–Trinajstić information content (AvgIpc) is 3.07. The zero-order chi connectivity index (χ0) is 18.4.